The van der Waals surface area contributed by atoms with Crippen LogP contribution in [0.3, 0.4) is 0 Å². The van der Waals surface area contributed by atoms with Gasteiger partial charge >= 0.3 is 12.3 Å². The molecule has 0 radical (unpaired) electrons. The van der Waals surface area contributed by atoms with Crippen molar-refractivity contribution in [3.05, 3.63) is 41.2 Å². The molecule has 3 nitrogen and oxygen atoms in total. The number of hydrogen-bond acceptors (Lipinski definition) is 2. The number of halogens is 4. The summed E-state index contributed by atoms with van der Waals surface area (Å²) < 4.78 is 59.1. The Balaban J connectivity index is 1.94. The van der Waals surface area contributed by atoms with Crippen LogP contribution in [0.1, 0.15) is 57.6 Å². The van der Waals surface area contributed by atoms with Crippen molar-refractivity contribution in [2.24, 2.45) is 0 Å². The van der Waals surface area contributed by atoms with E-state index < -0.39 is 29.3 Å². The second kappa shape index (κ2) is 6.84. The molecule has 0 N–H and O–H groups in total. The zero-order valence-corrected chi connectivity index (χ0v) is 15.6. The second-order valence-electron chi connectivity index (χ2n) is 8.10. The Kier molecular flexibility index (Phi) is 4.99. The lowest BCUT2D eigenvalue weighted by Crippen LogP contribution is -2.53. The van der Waals surface area contributed by atoms with Gasteiger partial charge in [-0.1, -0.05) is 18.2 Å². The molecule has 2 aliphatic rings. The lowest BCUT2D eigenvalue weighted by Gasteiger charge is -2.45. The summed E-state index contributed by atoms with van der Waals surface area (Å²) in [7, 11) is 0. The van der Waals surface area contributed by atoms with Crippen LogP contribution in [0.25, 0.3) is 5.57 Å². The molecule has 0 aromatic heterocycles. The highest BCUT2D eigenvalue weighted by molar-refractivity contribution is 5.75. The minimum Gasteiger partial charge on any atom is -0.444 e. The summed E-state index contributed by atoms with van der Waals surface area (Å²) >= 11 is 0. The Hall–Kier alpha value is -2.05. The molecule has 1 fully saturated rings. The predicted octanol–water partition coefficient (Wildman–Crippen LogP) is 5.79. The number of nitrogens with zero attached hydrogens (tertiary/aromatic N) is 1. The fraction of sp³-hybridized carbons (Fsp3) is 0.550. The third-order valence-electron chi connectivity index (χ3n) is 4.89. The molecule has 2 aliphatic heterocycles. The van der Waals surface area contributed by atoms with Gasteiger partial charge in [0.15, 0.2) is 0 Å². The molecule has 27 heavy (non-hydrogen) atoms. The van der Waals surface area contributed by atoms with Crippen molar-refractivity contribution in [3.8, 4) is 0 Å². The molecule has 148 valence electrons. The summed E-state index contributed by atoms with van der Waals surface area (Å²) in [6.07, 6.45) is -0.839. The van der Waals surface area contributed by atoms with E-state index in [4.69, 9.17) is 4.74 Å². The number of rotatable bonds is 1. The Bertz CT molecular complexity index is 764. The first-order valence-electron chi connectivity index (χ1n) is 9.05. The molecule has 1 aromatic rings. The minimum atomic E-state index is -4.74. The van der Waals surface area contributed by atoms with Crippen LogP contribution in [0.15, 0.2) is 24.3 Å². The van der Waals surface area contributed by atoms with Gasteiger partial charge in [-0.3, -0.25) is 4.90 Å². The number of alkyl halides is 3. The van der Waals surface area contributed by atoms with Crippen LogP contribution in [0.4, 0.5) is 22.4 Å². The van der Waals surface area contributed by atoms with Gasteiger partial charge in [0.1, 0.15) is 11.4 Å². The maximum Gasteiger partial charge on any atom is 0.419 e. The summed E-state index contributed by atoms with van der Waals surface area (Å²) in [6, 6.07) is 2.84. The van der Waals surface area contributed by atoms with Crippen molar-refractivity contribution in [1.82, 2.24) is 4.90 Å². The van der Waals surface area contributed by atoms with Crippen molar-refractivity contribution in [1.29, 1.82) is 0 Å². The molecule has 2 heterocycles. The quantitative estimate of drug-likeness (QED) is 0.573. The molecule has 0 aliphatic carbocycles. The van der Waals surface area contributed by atoms with Gasteiger partial charge in [0.25, 0.3) is 0 Å². The number of carbonyl (C=O) groups is 1. The zero-order chi connectivity index (χ0) is 20.0. The lowest BCUT2D eigenvalue weighted by atomic mass is 9.82. The number of amides is 1. The van der Waals surface area contributed by atoms with Crippen molar-refractivity contribution >= 4 is 11.7 Å². The Morgan fingerprint density at radius 2 is 1.89 bits per heavy atom. The van der Waals surface area contributed by atoms with E-state index in [-0.39, 0.29) is 17.6 Å². The zero-order valence-electron chi connectivity index (χ0n) is 15.6. The third kappa shape index (κ3) is 4.12. The number of benzene rings is 1. The minimum absolute atomic E-state index is 0.0365. The van der Waals surface area contributed by atoms with E-state index in [1.807, 2.05) is 0 Å². The van der Waals surface area contributed by atoms with Crippen LogP contribution < -0.4 is 0 Å². The van der Waals surface area contributed by atoms with Gasteiger partial charge in [0.05, 0.1) is 11.6 Å². The van der Waals surface area contributed by atoms with Crippen LogP contribution in [-0.4, -0.2) is 28.7 Å². The predicted molar refractivity (Wildman–Crippen MR) is 93.5 cm³/mol. The third-order valence-corrected chi connectivity index (χ3v) is 4.89. The molecule has 3 rings (SSSR count). The molecular formula is C20H23F4NO2. The van der Waals surface area contributed by atoms with Gasteiger partial charge in [0, 0.05) is 11.6 Å². The van der Waals surface area contributed by atoms with E-state index in [1.165, 1.54) is 12.1 Å². The summed E-state index contributed by atoms with van der Waals surface area (Å²) in [5, 5.41) is 0. The second-order valence-corrected chi connectivity index (χ2v) is 8.10. The first-order valence-corrected chi connectivity index (χ1v) is 9.05. The van der Waals surface area contributed by atoms with E-state index in [9.17, 15) is 22.4 Å². The standard InChI is InChI=1S/C20H23F4NO2/c1-19(2,3)27-18(26)25-13-6-4-7-14(25)11-12(10-13)15-8-5-9-16(17(15)21)20(22,23)24/h5,8-10,13-14H,4,6-7,11H2,1-3H3. The van der Waals surface area contributed by atoms with E-state index in [0.717, 1.165) is 12.5 Å². The van der Waals surface area contributed by atoms with Crippen molar-refractivity contribution in [2.45, 2.75) is 70.3 Å². The molecule has 7 heteroatoms. The van der Waals surface area contributed by atoms with Gasteiger partial charge in [-0.25, -0.2) is 9.18 Å². The van der Waals surface area contributed by atoms with Crippen LogP contribution in [0.2, 0.25) is 0 Å². The van der Waals surface area contributed by atoms with Crippen LogP contribution in [0, 0.1) is 5.82 Å². The van der Waals surface area contributed by atoms with Crippen LogP contribution in [-0.2, 0) is 10.9 Å². The van der Waals surface area contributed by atoms with Gasteiger partial charge in [0.2, 0.25) is 0 Å². The number of piperidine rings is 1. The fourth-order valence-corrected chi connectivity index (χ4v) is 3.83. The maximum atomic E-state index is 14.5. The lowest BCUT2D eigenvalue weighted by molar-refractivity contribution is -0.140. The molecular weight excluding hydrogens is 362 g/mol. The van der Waals surface area contributed by atoms with E-state index >= 15 is 0 Å². The average molecular weight is 385 g/mol. The summed E-state index contributed by atoms with van der Waals surface area (Å²) in [4.78, 5) is 14.2. The fourth-order valence-electron chi connectivity index (χ4n) is 3.83. The van der Waals surface area contributed by atoms with E-state index in [0.29, 0.717) is 24.8 Å². The highest BCUT2D eigenvalue weighted by Gasteiger charge is 2.41. The first kappa shape index (κ1) is 19.7. The Morgan fingerprint density at radius 3 is 2.48 bits per heavy atom. The monoisotopic (exact) mass is 385 g/mol. The van der Waals surface area contributed by atoms with E-state index in [1.54, 1.807) is 31.7 Å². The van der Waals surface area contributed by atoms with Crippen molar-refractivity contribution < 1.29 is 27.1 Å². The van der Waals surface area contributed by atoms with Crippen LogP contribution >= 0.6 is 0 Å². The summed E-state index contributed by atoms with van der Waals surface area (Å²) in [5.41, 5.74) is -1.41. The Labute approximate surface area is 156 Å². The highest BCUT2D eigenvalue weighted by atomic mass is 19.4. The van der Waals surface area contributed by atoms with Crippen LogP contribution in [0.5, 0.6) is 0 Å². The first-order chi connectivity index (χ1) is 12.5. The van der Waals surface area contributed by atoms with Gasteiger partial charge in [-0.2, -0.15) is 13.2 Å². The molecule has 2 atom stereocenters. The summed E-state index contributed by atoms with van der Waals surface area (Å²) in [6.45, 7) is 5.34. The maximum absolute atomic E-state index is 14.5. The normalized spacial score (nSPS) is 23.1. The van der Waals surface area contributed by atoms with Gasteiger partial charge in [-0.15, -0.1) is 0 Å². The number of carbonyl (C=O) groups excluding carboxylic acids is 1. The summed E-state index contributed by atoms with van der Waals surface area (Å²) in [5.74, 6) is -1.25. The molecule has 1 saturated heterocycles. The SMILES string of the molecule is CC(C)(C)OC(=O)N1C2C=C(c3cccc(C(F)(F)F)c3F)CC1CCC2. The largest absolute Gasteiger partial charge is 0.444 e. The number of ether oxygens (including phenoxy) is 1. The van der Waals surface area contributed by atoms with Gasteiger partial charge < -0.3 is 4.74 Å². The van der Waals surface area contributed by atoms with Crippen molar-refractivity contribution in [3.63, 3.8) is 0 Å². The molecule has 1 amide bonds. The average Bonchev–Trinajstić information content (AvgIpc) is 2.51. The van der Waals surface area contributed by atoms with E-state index in [2.05, 4.69) is 0 Å². The number of hydrogen-bond donors (Lipinski definition) is 0. The molecule has 1 aromatic carbocycles. The Morgan fingerprint density at radius 1 is 1.19 bits per heavy atom. The number of fused-ring (bicyclic) bond motifs is 2. The van der Waals surface area contributed by atoms with Gasteiger partial charge in [-0.05, 0) is 58.1 Å². The van der Waals surface area contributed by atoms with Crippen molar-refractivity contribution in [2.75, 3.05) is 0 Å². The smallest absolute Gasteiger partial charge is 0.419 e. The topological polar surface area (TPSA) is 29.5 Å². The molecule has 2 bridgehead atoms. The molecule has 0 saturated carbocycles. The highest BCUT2D eigenvalue weighted by Crippen LogP contribution is 2.40. The molecule has 2 unspecified atom stereocenters. The molecule has 0 spiro atoms.